The van der Waals surface area contributed by atoms with Gasteiger partial charge in [0.25, 0.3) is 5.91 Å². The molecular weight excluding hydrogens is 400 g/mol. The maximum Gasteiger partial charge on any atom is 0.271 e. The Morgan fingerprint density at radius 1 is 1.09 bits per heavy atom. The number of nitrogens with one attached hydrogen (secondary N) is 3. The van der Waals surface area contributed by atoms with Crippen LogP contribution in [0.1, 0.15) is 12.8 Å². The molecule has 3 aliphatic rings. The maximum atomic E-state index is 12.8. The largest absolute Gasteiger partial charge is 0.397 e. The van der Waals surface area contributed by atoms with Crippen molar-refractivity contribution < 1.29 is 4.79 Å². The van der Waals surface area contributed by atoms with Crippen molar-refractivity contribution in [3.05, 3.63) is 95.5 Å². The number of benzene rings is 1. The van der Waals surface area contributed by atoms with E-state index in [1.807, 2.05) is 60.7 Å². The zero-order chi connectivity index (χ0) is 22.3. The molecule has 7 nitrogen and oxygen atoms in total. The SMILES string of the molecule is NC1=C(NCNC(=O)C2=NC=CC3=CC=CC=C2C3)C(CNc2ccccc2N)CC=C1. The van der Waals surface area contributed by atoms with Crippen LogP contribution in [0.3, 0.4) is 0 Å². The van der Waals surface area contributed by atoms with Crippen molar-refractivity contribution >= 4 is 23.0 Å². The average Bonchev–Trinajstić information content (AvgIpc) is 3.15. The molecule has 0 fully saturated rings. The molecule has 1 atom stereocenters. The van der Waals surface area contributed by atoms with Crippen LogP contribution in [0.15, 0.2) is 101 Å². The van der Waals surface area contributed by atoms with Gasteiger partial charge in [0.1, 0.15) is 5.71 Å². The van der Waals surface area contributed by atoms with Gasteiger partial charge in [0.2, 0.25) is 0 Å². The number of nitrogens with zero attached hydrogens (tertiary/aromatic N) is 1. The van der Waals surface area contributed by atoms with Gasteiger partial charge in [0.15, 0.2) is 0 Å². The van der Waals surface area contributed by atoms with Gasteiger partial charge in [-0.25, -0.2) is 0 Å². The molecule has 0 aromatic heterocycles. The molecule has 0 spiro atoms. The highest BCUT2D eigenvalue weighted by atomic mass is 16.2. The Labute approximate surface area is 188 Å². The quantitative estimate of drug-likeness (QED) is 0.338. The van der Waals surface area contributed by atoms with Crippen molar-refractivity contribution in [3.63, 3.8) is 0 Å². The standard InChI is InChI=1S/C25H28N6O/c26-20-9-3-4-11-22(20)29-15-19-8-5-10-21(27)23(19)30-16-31-25(32)24-18-7-2-1-6-17(14-18)12-13-28-24/h1-7,9-13,19,29-30H,8,14-16,26-27H2,(H,31,32). The van der Waals surface area contributed by atoms with Crippen molar-refractivity contribution in [2.75, 3.05) is 24.3 Å². The molecule has 0 saturated heterocycles. The van der Waals surface area contributed by atoms with Crippen molar-refractivity contribution in [3.8, 4) is 0 Å². The Morgan fingerprint density at radius 3 is 2.81 bits per heavy atom. The first kappa shape index (κ1) is 21.2. The second kappa shape index (κ2) is 9.87. The number of para-hydroxylation sites is 2. The number of hydrogen-bond donors (Lipinski definition) is 5. The van der Waals surface area contributed by atoms with Crippen LogP contribution in [0.25, 0.3) is 0 Å². The molecule has 1 unspecified atom stereocenters. The lowest BCUT2D eigenvalue weighted by molar-refractivity contribution is -0.114. The molecule has 1 aromatic rings. The number of allylic oxidation sites excluding steroid dienone is 8. The summed E-state index contributed by atoms with van der Waals surface area (Å²) in [7, 11) is 0. The molecule has 0 radical (unpaired) electrons. The van der Waals surface area contributed by atoms with E-state index in [-0.39, 0.29) is 18.5 Å². The lowest BCUT2D eigenvalue weighted by atomic mass is 9.94. The number of fused-ring (bicyclic) bond motifs is 2. The smallest absolute Gasteiger partial charge is 0.271 e. The van der Waals surface area contributed by atoms with E-state index >= 15 is 0 Å². The molecule has 7 N–H and O–H groups in total. The number of hydrogen-bond acceptors (Lipinski definition) is 6. The molecule has 4 rings (SSSR count). The normalized spacial score (nSPS) is 19.4. The molecule has 164 valence electrons. The van der Waals surface area contributed by atoms with Gasteiger partial charge in [-0.15, -0.1) is 0 Å². The van der Waals surface area contributed by atoms with Crippen molar-refractivity contribution in [2.45, 2.75) is 12.8 Å². The average molecular weight is 429 g/mol. The van der Waals surface area contributed by atoms with Crippen LogP contribution in [0.2, 0.25) is 0 Å². The van der Waals surface area contributed by atoms with Gasteiger partial charge >= 0.3 is 0 Å². The van der Waals surface area contributed by atoms with Gasteiger partial charge in [-0.3, -0.25) is 9.79 Å². The Balaban J connectivity index is 1.36. The number of nitrogen functional groups attached to an aromatic ring is 1. The fourth-order valence-electron chi connectivity index (χ4n) is 3.89. The molecule has 0 saturated carbocycles. The van der Waals surface area contributed by atoms with E-state index in [0.29, 0.717) is 30.1 Å². The third-order valence-corrected chi connectivity index (χ3v) is 5.59. The summed E-state index contributed by atoms with van der Waals surface area (Å²) in [5.74, 6) is -0.0840. The summed E-state index contributed by atoms with van der Waals surface area (Å²) in [6.07, 6.45) is 16.9. The number of carbonyl (C=O) groups is 1. The molecular formula is C25H28N6O. The maximum absolute atomic E-state index is 12.8. The van der Waals surface area contributed by atoms with Gasteiger partial charge in [0.05, 0.1) is 23.7 Å². The van der Waals surface area contributed by atoms with Crippen LogP contribution in [-0.2, 0) is 4.79 Å². The summed E-state index contributed by atoms with van der Waals surface area (Å²) < 4.78 is 0. The third kappa shape index (κ3) is 5.00. The highest BCUT2D eigenvalue weighted by molar-refractivity contribution is 6.45. The Bertz CT molecular complexity index is 1100. The first-order valence-corrected chi connectivity index (χ1v) is 10.7. The second-order valence-corrected chi connectivity index (χ2v) is 7.82. The number of aliphatic imine (C=N–C) groups is 1. The Morgan fingerprint density at radius 2 is 1.94 bits per heavy atom. The fourth-order valence-corrected chi connectivity index (χ4v) is 3.89. The van der Waals surface area contributed by atoms with E-state index in [1.165, 1.54) is 0 Å². The summed E-state index contributed by atoms with van der Waals surface area (Å²) in [6.45, 7) is 0.919. The monoisotopic (exact) mass is 428 g/mol. The number of anilines is 2. The van der Waals surface area contributed by atoms with Crippen LogP contribution < -0.4 is 27.4 Å². The zero-order valence-electron chi connectivity index (χ0n) is 17.8. The van der Waals surface area contributed by atoms with Gasteiger partial charge in [-0.05, 0) is 48.3 Å². The van der Waals surface area contributed by atoms with Crippen molar-refractivity contribution in [1.29, 1.82) is 0 Å². The van der Waals surface area contributed by atoms with E-state index < -0.39 is 0 Å². The summed E-state index contributed by atoms with van der Waals surface area (Å²) >= 11 is 0. The predicted molar refractivity (Wildman–Crippen MR) is 130 cm³/mol. The highest BCUT2D eigenvalue weighted by Crippen LogP contribution is 2.24. The molecule has 1 aliphatic heterocycles. The molecule has 2 bridgehead atoms. The van der Waals surface area contributed by atoms with Gasteiger partial charge in [-0.2, -0.15) is 0 Å². The van der Waals surface area contributed by atoms with Crippen LogP contribution in [-0.4, -0.2) is 24.8 Å². The predicted octanol–water partition coefficient (Wildman–Crippen LogP) is 2.87. The topological polar surface area (TPSA) is 118 Å². The first-order valence-electron chi connectivity index (χ1n) is 10.7. The molecule has 1 aromatic carbocycles. The third-order valence-electron chi connectivity index (χ3n) is 5.59. The Hall–Kier alpha value is -4.00. The minimum absolute atomic E-state index is 0.136. The zero-order valence-corrected chi connectivity index (χ0v) is 17.8. The fraction of sp³-hybridized carbons (Fsp3) is 0.200. The van der Waals surface area contributed by atoms with Crippen molar-refractivity contribution in [2.24, 2.45) is 16.6 Å². The van der Waals surface area contributed by atoms with Gasteiger partial charge in [0, 0.05) is 24.4 Å². The lowest BCUT2D eigenvalue weighted by Gasteiger charge is -2.26. The van der Waals surface area contributed by atoms with Gasteiger partial charge in [-0.1, -0.05) is 42.5 Å². The lowest BCUT2D eigenvalue weighted by Crippen LogP contribution is -2.41. The van der Waals surface area contributed by atoms with E-state index in [4.69, 9.17) is 11.5 Å². The number of nitrogens with two attached hydrogens (primary N) is 2. The van der Waals surface area contributed by atoms with Crippen LogP contribution in [0.5, 0.6) is 0 Å². The number of amides is 1. The number of rotatable bonds is 7. The number of carbonyl (C=O) groups excluding carboxylic acids is 1. The van der Waals surface area contributed by atoms with Crippen LogP contribution in [0, 0.1) is 5.92 Å². The van der Waals surface area contributed by atoms with Gasteiger partial charge < -0.3 is 27.4 Å². The van der Waals surface area contributed by atoms with E-state index in [2.05, 4.69) is 27.0 Å². The minimum Gasteiger partial charge on any atom is -0.397 e. The summed E-state index contributed by atoms with van der Waals surface area (Å²) in [5, 5.41) is 9.63. The van der Waals surface area contributed by atoms with E-state index in [1.54, 1.807) is 6.20 Å². The Kier molecular flexibility index (Phi) is 6.55. The second-order valence-electron chi connectivity index (χ2n) is 7.82. The molecule has 32 heavy (non-hydrogen) atoms. The molecule has 2 aliphatic carbocycles. The van der Waals surface area contributed by atoms with E-state index in [0.717, 1.165) is 29.0 Å². The molecule has 1 amide bonds. The van der Waals surface area contributed by atoms with Crippen LogP contribution >= 0.6 is 0 Å². The molecule has 1 heterocycles. The van der Waals surface area contributed by atoms with Crippen molar-refractivity contribution in [1.82, 2.24) is 10.6 Å². The summed E-state index contributed by atoms with van der Waals surface area (Å²) in [6, 6.07) is 7.67. The summed E-state index contributed by atoms with van der Waals surface area (Å²) in [5.41, 5.74) is 17.9. The minimum atomic E-state index is -0.220. The van der Waals surface area contributed by atoms with Crippen LogP contribution in [0.4, 0.5) is 11.4 Å². The first-order chi connectivity index (χ1) is 15.6. The molecule has 7 heteroatoms. The van der Waals surface area contributed by atoms with E-state index in [9.17, 15) is 4.79 Å². The summed E-state index contributed by atoms with van der Waals surface area (Å²) in [4.78, 5) is 17.2. The highest BCUT2D eigenvalue weighted by Gasteiger charge is 2.21.